The second-order valence-corrected chi connectivity index (χ2v) is 7.17. The molecule has 0 atom stereocenters. The zero-order chi connectivity index (χ0) is 17.5. The van der Waals surface area contributed by atoms with Gasteiger partial charge in [-0.05, 0) is 54.9 Å². The molecule has 0 unspecified atom stereocenters. The predicted molar refractivity (Wildman–Crippen MR) is 103 cm³/mol. The van der Waals surface area contributed by atoms with Crippen molar-refractivity contribution in [3.05, 3.63) is 70.7 Å². The van der Waals surface area contributed by atoms with Gasteiger partial charge in [-0.3, -0.25) is 0 Å². The fourth-order valence-corrected chi connectivity index (χ4v) is 3.62. The van der Waals surface area contributed by atoms with Crippen LogP contribution in [0.25, 0.3) is 0 Å². The number of carbonyl (C=O) groups is 1. The molecule has 0 aromatic heterocycles. The van der Waals surface area contributed by atoms with E-state index in [1.807, 2.05) is 29.2 Å². The minimum Gasteiger partial charge on any atom is -0.338 e. The molecular weight excluding hydrogens is 332 g/mol. The van der Waals surface area contributed by atoms with Crippen molar-refractivity contribution in [2.75, 3.05) is 19.6 Å². The van der Waals surface area contributed by atoms with Crippen molar-refractivity contribution in [1.82, 2.24) is 10.2 Å². The topological polar surface area (TPSA) is 32.3 Å². The lowest BCUT2D eigenvalue weighted by molar-refractivity contribution is 0.170. The molecule has 3 nitrogen and oxygen atoms in total. The summed E-state index contributed by atoms with van der Waals surface area (Å²) in [5.41, 5.74) is 2.54. The van der Waals surface area contributed by atoms with E-state index < -0.39 is 0 Å². The van der Waals surface area contributed by atoms with E-state index in [4.69, 9.17) is 11.6 Å². The molecule has 0 bridgehead atoms. The molecule has 2 amide bonds. The van der Waals surface area contributed by atoms with Crippen LogP contribution < -0.4 is 5.32 Å². The average Bonchev–Trinajstić information content (AvgIpc) is 2.63. The maximum absolute atomic E-state index is 12.3. The molecule has 0 saturated carbocycles. The third-order valence-corrected chi connectivity index (χ3v) is 5.08. The van der Waals surface area contributed by atoms with Crippen molar-refractivity contribution in [3.8, 4) is 0 Å². The number of nitrogens with one attached hydrogen (secondary N) is 1. The Balaban J connectivity index is 1.38. The van der Waals surface area contributed by atoms with E-state index in [2.05, 4.69) is 35.6 Å². The number of amides is 2. The first-order valence-electron chi connectivity index (χ1n) is 9.02. The number of benzene rings is 2. The number of hydrogen-bond donors (Lipinski definition) is 1. The summed E-state index contributed by atoms with van der Waals surface area (Å²) in [4.78, 5) is 14.3. The zero-order valence-electron chi connectivity index (χ0n) is 14.5. The Labute approximate surface area is 155 Å². The van der Waals surface area contributed by atoms with Crippen molar-refractivity contribution in [2.24, 2.45) is 5.92 Å². The number of halogens is 1. The van der Waals surface area contributed by atoms with Crippen LogP contribution in [0.15, 0.2) is 54.6 Å². The van der Waals surface area contributed by atoms with Gasteiger partial charge in [0.15, 0.2) is 0 Å². The standard InChI is InChI=1S/C21H25ClN2O/c22-20-8-4-7-18(16-20)9-12-23-21(25)24-13-10-19(11-14-24)15-17-5-2-1-3-6-17/h1-8,16,19H,9-15H2,(H,23,25). The van der Waals surface area contributed by atoms with E-state index in [1.165, 1.54) is 5.56 Å². The fraction of sp³-hybridized carbons (Fsp3) is 0.381. The minimum atomic E-state index is 0.0557. The molecule has 3 rings (SSSR count). The molecule has 1 fully saturated rings. The second kappa shape index (κ2) is 8.91. The van der Waals surface area contributed by atoms with Crippen LogP contribution >= 0.6 is 11.6 Å². The molecule has 0 radical (unpaired) electrons. The van der Waals surface area contributed by atoms with Gasteiger partial charge in [-0.2, -0.15) is 0 Å². The van der Waals surface area contributed by atoms with Crippen molar-refractivity contribution in [2.45, 2.75) is 25.7 Å². The van der Waals surface area contributed by atoms with Gasteiger partial charge >= 0.3 is 6.03 Å². The van der Waals surface area contributed by atoms with Gasteiger partial charge in [0.05, 0.1) is 0 Å². The summed E-state index contributed by atoms with van der Waals surface area (Å²) in [6.07, 6.45) is 4.08. The SMILES string of the molecule is O=C(NCCc1cccc(Cl)c1)N1CCC(Cc2ccccc2)CC1. The normalized spacial score (nSPS) is 15.2. The maximum Gasteiger partial charge on any atom is 0.317 e. The number of rotatable bonds is 5. The molecule has 4 heteroatoms. The highest BCUT2D eigenvalue weighted by Crippen LogP contribution is 2.21. The van der Waals surface area contributed by atoms with Gasteiger partial charge in [-0.1, -0.05) is 54.1 Å². The maximum atomic E-state index is 12.3. The molecular formula is C21H25ClN2O. The van der Waals surface area contributed by atoms with E-state index in [0.717, 1.165) is 49.4 Å². The van der Waals surface area contributed by atoms with E-state index in [1.54, 1.807) is 0 Å². The second-order valence-electron chi connectivity index (χ2n) is 6.73. The van der Waals surface area contributed by atoms with Crippen LogP contribution in [0.2, 0.25) is 5.02 Å². The lowest BCUT2D eigenvalue weighted by atomic mass is 9.90. The molecule has 2 aromatic rings. The lowest BCUT2D eigenvalue weighted by Gasteiger charge is -2.32. The molecule has 25 heavy (non-hydrogen) atoms. The highest BCUT2D eigenvalue weighted by atomic mass is 35.5. The number of urea groups is 1. The molecule has 0 aliphatic carbocycles. The molecule has 0 spiro atoms. The smallest absolute Gasteiger partial charge is 0.317 e. The van der Waals surface area contributed by atoms with Crippen LogP contribution in [0.3, 0.4) is 0 Å². The number of piperidine rings is 1. The van der Waals surface area contributed by atoms with Gasteiger partial charge < -0.3 is 10.2 Å². The van der Waals surface area contributed by atoms with Gasteiger partial charge in [0.2, 0.25) is 0 Å². The summed E-state index contributed by atoms with van der Waals surface area (Å²) in [7, 11) is 0. The van der Waals surface area contributed by atoms with E-state index in [9.17, 15) is 4.79 Å². The summed E-state index contributed by atoms with van der Waals surface area (Å²) in [6.45, 7) is 2.34. The first-order chi connectivity index (χ1) is 12.2. The Hall–Kier alpha value is -2.00. The van der Waals surface area contributed by atoms with E-state index in [-0.39, 0.29) is 6.03 Å². The molecule has 1 N–H and O–H groups in total. The highest BCUT2D eigenvalue weighted by molar-refractivity contribution is 6.30. The first kappa shape index (κ1) is 17.8. The average molecular weight is 357 g/mol. The van der Waals surface area contributed by atoms with Crippen molar-refractivity contribution < 1.29 is 4.79 Å². The van der Waals surface area contributed by atoms with Crippen LogP contribution in [0.4, 0.5) is 4.79 Å². The van der Waals surface area contributed by atoms with Crippen LogP contribution in [0.5, 0.6) is 0 Å². The fourth-order valence-electron chi connectivity index (χ4n) is 3.41. The van der Waals surface area contributed by atoms with Crippen molar-refractivity contribution in [1.29, 1.82) is 0 Å². The van der Waals surface area contributed by atoms with Gasteiger partial charge in [0, 0.05) is 24.7 Å². The Morgan fingerprint density at radius 2 is 1.76 bits per heavy atom. The summed E-state index contributed by atoms with van der Waals surface area (Å²) < 4.78 is 0. The summed E-state index contributed by atoms with van der Waals surface area (Å²) in [5, 5.41) is 3.77. The van der Waals surface area contributed by atoms with Gasteiger partial charge in [-0.15, -0.1) is 0 Å². The van der Waals surface area contributed by atoms with Crippen molar-refractivity contribution in [3.63, 3.8) is 0 Å². The molecule has 1 aliphatic rings. The number of hydrogen-bond acceptors (Lipinski definition) is 1. The highest BCUT2D eigenvalue weighted by Gasteiger charge is 2.22. The summed E-state index contributed by atoms with van der Waals surface area (Å²) in [6, 6.07) is 18.5. The van der Waals surface area contributed by atoms with Crippen LogP contribution in [0, 0.1) is 5.92 Å². The Morgan fingerprint density at radius 3 is 2.48 bits per heavy atom. The molecule has 1 saturated heterocycles. The third kappa shape index (κ3) is 5.50. The summed E-state index contributed by atoms with van der Waals surface area (Å²) in [5.74, 6) is 0.679. The molecule has 1 heterocycles. The van der Waals surface area contributed by atoms with Gasteiger partial charge in [-0.25, -0.2) is 4.79 Å². The molecule has 1 aliphatic heterocycles. The minimum absolute atomic E-state index is 0.0557. The largest absolute Gasteiger partial charge is 0.338 e. The van der Waals surface area contributed by atoms with Crippen LogP contribution in [0.1, 0.15) is 24.0 Å². The quantitative estimate of drug-likeness (QED) is 0.837. The van der Waals surface area contributed by atoms with Crippen LogP contribution in [-0.2, 0) is 12.8 Å². The number of likely N-dealkylation sites (tertiary alicyclic amines) is 1. The van der Waals surface area contributed by atoms with Crippen LogP contribution in [-0.4, -0.2) is 30.6 Å². The Kier molecular flexibility index (Phi) is 6.35. The van der Waals surface area contributed by atoms with Gasteiger partial charge in [0.25, 0.3) is 0 Å². The van der Waals surface area contributed by atoms with E-state index in [0.29, 0.717) is 12.5 Å². The zero-order valence-corrected chi connectivity index (χ0v) is 15.2. The Morgan fingerprint density at radius 1 is 1.04 bits per heavy atom. The Bertz CT molecular complexity index is 681. The number of carbonyl (C=O) groups excluding carboxylic acids is 1. The third-order valence-electron chi connectivity index (χ3n) is 4.85. The predicted octanol–water partition coefficient (Wildman–Crippen LogP) is 4.55. The summed E-state index contributed by atoms with van der Waals surface area (Å²) >= 11 is 5.98. The van der Waals surface area contributed by atoms with E-state index >= 15 is 0 Å². The molecule has 2 aromatic carbocycles. The van der Waals surface area contributed by atoms with Gasteiger partial charge in [0.1, 0.15) is 0 Å². The first-order valence-corrected chi connectivity index (χ1v) is 9.39. The number of nitrogens with zero attached hydrogens (tertiary/aromatic N) is 1. The van der Waals surface area contributed by atoms with Crippen molar-refractivity contribution >= 4 is 17.6 Å². The molecule has 132 valence electrons. The monoisotopic (exact) mass is 356 g/mol. The lowest BCUT2D eigenvalue weighted by Crippen LogP contribution is -2.45.